The average Bonchev–Trinajstić information content (AvgIpc) is 3.27. The summed E-state index contributed by atoms with van der Waals surface area (Å²) >= 11 is 6.09. The van der Waals surface area contributed by atoms with E-state index in [1.165, 1.54) is 7.11 Å². The number of esters is 1. The standard InChI is InChI=1S/C29H28ClNO6/c1-19-28(31-27(37-19)15-20-4-3-5-25(30)14-20)21-8-10-26(11-9-21)36-18-23-7-6-22(29(33)34-2)16-24(23)17-35-13-12-32/h3-11,14,16,32H,12-13,15,17-18H2,1-2H3. The number of aliphatic hydroxyl groups is 1. The van der Waals surface area contributed by atoms with E-state index in [0.29, 0.717) is 28.6 Å². The molecule has 4 aromatic rings. The Hall–Kier alpha value is -3.65. The number of hydrogen-bond donors (Lipinski definition) is 1. The van der Waals surface area contributed by atoms with Crippen LogP contribution in [0, 0.1) is 6.92 Å². The van der Waals surface area contributed by atoms with Gasteiger partial charge in [0.2, 0.25) is 0 Å². The van der Waals surface area contributed by atoms with Crippen LogP contribution in [0.15, 0.2) is 71.1 Å². The summed E-state index contributed by atoms with van der Waals surface area (Å²) in [5.41, 5.74) is 4.82. The van der Waals surface area contributed by atoms with Crippen molar-refractivity contribution in [2.75, 3.05) is 20.3 Å². The van der Waals surface area contributed by atoms with Gasteiger partial charge < -0.3 is 23.7 Å². The molecule has 192 valence electrons. The van der Waals surface area contributed by atoms with Crippen molar-refractivity contribution in [1.29, 1.82) is 0 Å². The molecule has 0 spiro atoms. The molecule has 0 saturated heterocycles. The van der Waals surface area contributed by atoms with Crippen molar-refractivity contribution < 1.29 is 28.5 Å². The summed E-state index contributed by atoms with van der Waals surface area (Å²) in [6.45, 7) is 2.54. The van der Waals surface area contributed by atoms with Gasteiger partial charge in [-0.3, -0.25) is 0 Å². The lowest BCUT2D eigenvalue weighted by Gasteiger charge is -2.13. The third-order valence-corrected chi connectivity index (χ3v) is 5.96. The lowest BCUT2D eigenvalue weighted by Crippen LogP contribution is -2.08. The molecule has 4 rings (SSSR count). The first-order valence-corrected chi connectivity index (χ1v) is 12.2. The molecule has 3 aromatic carbocycles. The molecule has 0 saturated carbocycles. The van der Waals surface area contributed by atoms with Crippen LogP contribution in [-0.4, -0.2) is 36.4 Å². The molecule has 0 atom stereocenters. The molecule has 0 unspecified atom stereocenters. The van der Waals surface area contributed by atoms with Crippen LogP contribution in [0.5, 0.6) is 5.75 Å². The summed E-state index contributed by atoms with van der Waals surface area (Å²) < 4.78 is 22.2. The van der Waals surface area contributed by atoms with Crippen LogP contribution < -0.4 is 4.74 Å². The van der Waals surface area contributed by atoms with Gasteiger partial charge in [0.05, 0.1) is 32.5 Å². The van der Waals surface area contributed by atoms with Gasteiger partial charge in [-0.2, -0.15) is 0 Å². The molecule has 0 aliphatic rings. The second-order valence-electron chi connectivity index (χ2n) is 8.38. The van der Waals surface area contributed by atoms with Crippen LogP contribution in [0.4, 0.5) is 0 Å². The van der Waals surface area contributed by atoms with Crippen molar-refractivity contribution >= 4 is 17.6 Å². The molecule has 0 fully saturated rings. The fraction of sp³-hybridized carbons (Fsp3) is 0.241. The molecule has 7 nitrogen and oxygen atoms in total. The highest BCUT2D eigenvalue weighted by Gasteiger charge is 2.14. The number of aromatic nitrogens is 1. The van der Waals surface area contributed by atoms with Crippen LogP contribution >= 0.6 is 11.6 Å². The van der Waals surface area contributed by atoms with Crippen molar-refractivity contribution in [3.63, 3.8) is 0 Å². The number of halogens is 1. The Labute approximate surface area is 220 Å². The van der Waals surface area contributed by atoms with E-state index in [2.05, 4.69) is 4.98 Å². The van der Waals surface area contributed by atoms with E-state index in [9.17, 15) is 4.79 Å². The van der Waals surface area contributed by atoms with E-state index in [-0.39, 0.29) is 26.4 Å². The van der Waals surface area contributed by atoms with Crippen LogP contribution in [0.3, 0.4) is 0 Å². The summed E-state index contributed by atoms with van der Waals surface area (Å²) in [5, 5.41) is 9.69. The molecule has 0 amide bonds. The highest BCUT2D eigenvalue weighted by molar-refractivity contribution is 6.30. The maximum atomic E-state index is 11.9. The number of methoxy groups -OCH3 is 1. The largest absolute Gasteiger partial charge is 0.489 e. The van der Waals surface area contributed by atoms with E-state index >= 15 is 0 Å². The van der Waals surface area contributed by atoms with Crippen molar-refractivity contribution in [1.82, 2.24) is 4.98 Å². The Morgan fingerprint density at radius 1 is 1.03 bits per heavy atom. The van der Waals surface area contributed by atoms with Crippen LogP contribution in [-0.2, 0) is 29.1 Å². The average molecular weight is 522 g/mol. The predicted octanol–water partition coefficient (Wildman–Crippen LogP) is 5.77. The third kappa shape index (κ3) is 6.98. The minimum Gasteiger partial charge on any atom is -0.489 e. The van der Waals surface area contributed by atoms with E-state index in [1.807, 2.05) is 61.5 Å². The molecule has 8 heteroatoms. The smallest absolute Gasteiger partial charge is 0.337 e. The van der Waals surface area contributed by atoms with E-state index in [1.54, 1.807) is 12.1 Å². The fourth-order valence-corrected chi connectivity index (χ4v) is 4.09. The van der Waals surface area contributed by atoms with Gasteiger partial charge in [-0.25, -0.2) is 9.78 Å². The van der Waals surface area contributed by atoms with Gasteiger partial charge in [0, 0.05) is 17.0 Å². The first kappa shape index (κ1) is 26.4. The van der Waals surface area contributed by atoms with Gasteiger partial charge in [0.25, 0.3) is 0 Å². The minimum atomic E-state index is -0.426. The molecule has 1 heterocycles. The zero-order valence-corrected chi connectivity index (χ0v) is 21.5. The van der Waals surface area contributed by atoms with Crippen LogP contribution in [0.2, 0.25) is 5.02 Å². The van der Waals surface area contributed by atoms with E-state index in [4.69, 9.17) is 35.3 Å². The maximum absolute atomic E-state index is 11.9. The van der Waals surface area contributed by atoms with Crippen molar-refractivity contribution in [2.24, 2.45) is 0 Å². The fourth-order valence-electron chi connectivity index (χ4n) is 3.88. The highest BCUT2D eigenvalue weighted by atomic mass is 35.5. The first-order chi connectivity index (χ1) is 18.0. The molecule has 0 radical (unpaired) electrons. The molecule has 37 heavy (non-hydrogen) atoms. The van der Waals surface area contributed by atoms with Crippen molar-refractivity contribution in [3.05, 3.63) is 106 Å². The maximum Gasteiger partial charge on any atom is 0.337 e. The van der Waals surface area contributed by atoms with Gasteiger partial charge in [-0.1, -0.05) is 29.8 Å². The summed E-state index contributed by atoms with van der Waals surface area (Å²) in [6.07, 6.45) is 0.557. The van der Waals surface area contributed by atoms with Gasteiger partial charge in [-0.05, 0) is 72.1 Å². The molecular formula is C29H28ClNO6. The number of ether oxygens (including phenoxy) is 3. The molecule has 1 aromatic heterocycles. The topological polar surface area (TPSA) is 91.0 Å². The number of carbonyl (C=O) groups is 1. The number of rotatable bonds is 11. The summed E-state index contributed by atoms with van der Waals surface area (Å²) in [5.74, 6) is 1.62. The quantitative estimate of drug-likeness (QED) is 0.198. The Morgan fingerprint density at radius 2 is 1.84 bits per heavy atom. The molecule has 0 aliphatic carbocycles. The molecule has 1 N–H and O–H groups in total. The Balaban J connectivity index is 1.44. The lowest BCUT2D eigenvalue weighted by atomic mass is 10.0. The number of benzene rings is 3. The zero-order chi connectivity index (χ0) is 26.2. The lowest BCUT2D eigenvalue weighted by molar-refractivity contribution is 0.0599. The Bertz CT molecular complexity index is 1350. The molecule has 0 aliphatic heterocycles. The summed E-state index contributed by atoms with van der Waals surface area (Å²) in [6, 6.07) is 20.5. The number of aryl methyl sites for hydroxylation is 1. The summed E-state index contributed by atoms with van der Waals surface area (Å²) in [4.78, 5) is 16.6. The molecular weight excluding hydrogens is 494 g/mol. The summed E-state index contributed by atoms with van der Waals surface area (Å²) in [7, 11) is 1.34. The van der Waals surface area contributed by atoms with Gasteiger partial charge in [-0.15, -0.1) is 0 Å². The number of carbonyl (C=O) groups excluding carboxylic acids is 1. The van der Waals surface area contributed by atoms with E-state index < -0.39 is 5.97 Å². The van der Waals surface area contributed by atoms with E-state index in [0.717, 1.165) is 33.7 Å². The SMILES string of the molecule is COC(=O)c1ccc(COc2ccc(-c3nc(Cc4cccc(Cl)c4)oc3C)cc2)c(COCCO)c1. The predicted molar refractivity (Wildman–Crippen MR) is 140 cm³/mol. The third-order valence-electron chi connectivity index (χ3n) is 5.73. The van der Waals surface area contributed by atoms with Crippen molar-refractivity contribution in [3.8, 4) is 17.0 Å². The highest BCUT2D eigenvalue weighted by Crippen LogP contribution is 2.27. The first-order valence-electron chi connectivity index (χ1n) is 11.8. The van der Waals surface area contributed by atoms with Gasteiger partial charge in [0.15, 0.2) is 5.89 Å². The molecule has 0 bridgehead atoms. The number of nitrogens with zero attached hydrogens (tertiary/aromatic N) is 1. The number of aliphatic hydroxyl groups excluding tert-OH is 1. The Kier molecular flexibility index (Phi) is 8.95. The van der Waals surface area contributed by atoms with Crippen LogP contribution in [0.1, 0.15) is 38.7 Å². The monoisotopic (exact) mass is 521 g/mol. The zero-order valence-electron chi connectivity index (χ0n) is 20.7. The Morgan fingerprint density at radius 3 is 2.57 bits per heavy atom. The normalized spacial score (nSPS) is 10.9. The second-order valence-corrected chi connectivity index (χ2v) is 8.82. The number of hydrogen-bond acceptors (Lipinski definition) is 7. The van der Waals surface area contributed by atoms with Crippen molar-refractivity contribution in [2.45, 2.75) is 26.6 Å². The van der Waals surface area contributed by atoms with Gasteiger partial charge >= 0.3 is 5.97 Å². The second kappa shape index (κ2) is 12.5. The van der Waals surface area contributed by atoms with Gasteiger partial charge in [0.1, 0.15) is 23.8 Å². The minimum absolute atomic E-state index is 0.0814. The number of oxazole rings is 1. The van der Waals surface area contributed by atoms with Crippen LogP contribution in [0.25, 0.3) is 11.3 Å².